The molecule has 29 heavy (non-hydrogen) atoms. The molecule has 0 spiro atoms. The number of hydrogen-bond acceptors (Lipinski definition) is 6. The summed E-state index contributed by atoms with van der Waals surface area (Å²) < 4.78 is 15.8. The van der Waals surface area contributed by atoms with Crippen molar-refractivity contribution in [2.45, 2.75) is 32.4 Å². The third-order valence-corrected chi connectivity index (χ3v) is 3.84. The number of hydrogen-bond donors (Lipinski definition) is 1. The van der Waals surface area contributed by atoms with Crippen molar-refractivity contribution in [3.05, 3.63) is 76.6 Å². The highest BCUT2D eigenvalue weighted by Crippen LogP contribution is 2.22. The lowest BCUT2D eigenvalue weighted by Gasteiger charge is -2.23. The van der Waals surface area contributed by atoms with Crippen molar-refractivity contribution >= 4 is 23.0 Å². The van der Waals surface area contributed by atoms with E-state index in [1.165, 1.54) is 12.1 Å². The molecule has 2 aromatic carbocycles. The zero-order valence-electron chi connectivity index (χ0n) is 16.3. The Morgan fingerprint density at radius 1 is 1.00 bits per heavy atom. The molecule has 1 amide bonds. The standard InChI is InChI=1S/C22H21NO6/c1-22(2,3)29-21(26)23-19(15-7-5-4-6-8-15)20(25)27-16-11-9-14-10-12-18(24)28-17(14)13-16/h4-13,19H,1-3H3,(H,23,26)/t19-/m1/s1. The predicted octanol–water partition coefficient (Wildman–Crippen LogP) is 3.96. The first-order valence-corrected chi connectivity index (χ1v) is 9.01. The van der Waals surface area contributed by atoms with Crippen molar-refractivity contribution < 1.29 is 23.5 Å². The van der Waals surface area contributed by atoms with Crippen LogP contribution in [-0.2, 0) is 9.53 Å². The van der Waals surface area contributed by atoms with E-state index in [4.69, 9.17) is 13.9 Å². The van der Waals surface area contributed by atoms with Crippen LogP contribution in [0.2, 0.25) is 0 Å². The minimum absolute atomic E-state index is 0.184. The van der Waals surface area contributed by atoms with Gasteiger partial charge in [0.2, 0.25) is 0 Å². The summed E-state index contributed by atoms with van der Waals surface area (Å²) in [7, 11) is 0. The van der Waals surface area contributed by atoms with Crippen LogP contribution in [0.3, 0.4) is 0 Å². The number of fused-ring (bicyclic) bond motifs is 1. The SMILES string of the molecule is CC(C)(C)OC(=O)N[C@@H](C(=O)Oc1ccc2ccc(=O)oc2c1)c1ccccc1. The lowest BCUT2D eigenvalue weighted by Crippen LogP contribution is -2.39. The molecule has 3 aromatic rings. The van der Waals surface area contributed by atoms with Gasteiger partial charge in [-0.15, -0.1) is 0 Å². The van der Waals surface area contributed by atoms with Gasteiger partial charge in [-0.25, -0.2) is 14.4 Å². The van der Waals surface area contributed by atoms with Crippen LogP contribution in [0.1, 0.15) is 32.4 Å². The summed E-state index contributed by atoms with van der Waals surface area (Å²) in [5.41, 5.74) is -0.393. The zero-order valence-corrected chi connectivity index (χ0v) is 16.3. The molecule has 0 saturated carbocycles. The summed E-state index contributed by atoms with van der Waals surface area (Å²) in [4.78, 5) is 36.5. The molecule has 0 aliphatic carbocycles. The number of benzene rings is 2. The van der Waals surface area contributed by atoms with Gasteiger partial charge >= 0.3 is 17.7 Å². The second-order valence-electron chi connectivity index (χ2n) is 7.37. The van der Waals surface area contributed by atoms with Gasteiger partial charge in [0.1, 0.15) is 16.9 Å². The summed E-state index contributed by atoms with van der Waals surface area (Å²) in [5.74, 6) is -0.525. The average Bonchev–Trinajstić information content (AvgIpc) is 2.65. The molecule has 0 fully saturated rings. The van der Waals surface area contributed by atoms with E-state index in [1.807, 2.05) is 0 Å². The van der Waals surface area contributed by atoms with Crippen molar-refractivity contribution in [1.82, 2.24) is 5.32 Å². The molecule has 7 heteroatoms. The maximum Gasteiger partial charge on any atom is 0.408 e. The van der Waals surface area contributed by atoms with Crippen LogP contribution in [0.25, 0.3) is 11.0 Å². The van der Waals surface area contributed by atoms with E-state index in [0.29, 0.717) is 16.5 Å². The normalized spacial score (nSPS) is 12.2. The van der Waals surface area contributed by atoms with Crippen molar-refractivity contribution in [2.24, 2.45) is 0 Å². The third-order valence-electron chi connectivity index (χ3n) is 3.84. The molecule has 1 aromatic heterocycles. The number of carbonyl (C=O) groups excluding carboxylic acids is 2. The van der Waals surface area contributed by atoms with Gasteiger partial charge in [-0.2, -0.15) is 0 Å². The second-order valence-corrected chi connectivity index (χ2v) is 7.37. The Morgan fingerprint density at radius 2 is 1.69 bits per heavy atom. The van der Waals surface area contributed by atoms with Gasteiger partial charge < -0.3 is 19.2 Å². The van der Waals surface area contributed by atoms with Crippen LogP contribution in [0.15, 0.2) is 69.9 Å². The highest BCUT2D eigenvalue weighted by Gasteiger charge is 2.27. The number of carbonyl (C=O) groups is 2. The Morgan fingerprint density at radius 3 is 2.38 bits per heavy atom. The number of ether oxygens (including phenoxy) is 2. The van der Waals surface area contributed by atoms with E-state index in [2.05, 4.69) is 5.32 Å². The number of esters is 1. The first-order valence-electron chi connectivity index (χ1n) is 9.01. The van der Waals surface area contributed by atoms with E-state index in [0.717, 1.165) is 0 Å². The Labute approximate surface area is 167 Å². The van der Waals surface area contributed by atoms with Gasteiger partial charge in [-0.1, -0.05) is 30.3 Å². The lowest BCUT2D eigenvalue weighted by molar-refractivity contribution is -0.137. The van der Waals surface area contributed by atoms with E-state index in [1.54, 1.807) is 69.3 Å². The molecule has 0 radical (unpaired) electrons. The molecular weight excluding hydrogens is 374 g/mol. The second kappa shape index (κ2) is 8.18. The lowest BCUT2D eigenvalue weighted by atomic mass is 10.1. The van der Waals surface area contributed by atoms with Crippen LogP contribution in [-0.4, -0.2) is 17.7 Å². The number of rotatable bonds is 4. The molecule has 0 unspecified atom stereocenters. The summed E-state index contributed by atoms with van der Waals surface area (Å²) in [5, 5.41) is 3.24. The zero-order chi connectivity index (χ0) is 21.0. The largest absolute Gasteiger partial charge is 0.444 e. The van der Waals surface area contributed by atoms with Crippen LogP contribution in [0, 0.1) is 0 Å². The first-order chi connectivity index (χ1) is 13.7. The van der Waals surface area contributed by atoms with Crippen molar-refractivity contribution in [3.8, 4) is 5.75 Å². The summed E-state index contributed by atoms with van der Waals surface area (Å²) in [6.45, 7) is 5.18. The van der Waals surface area contributed by atoms with Crippen molar-refractivity contribution in [2.75, 3.05) is 0 Å². The molecule has 1 atom stereocenters. The van der Waals surface area contributed by atoms with E-state index in [9.17, 15) is 14.4 Å². The quantitative estimate of drug-likeness (QED) is 0.408. The highest BCUT2D eigenvalue weighted by molar-refractivity contribution is 5.85. The molecule has 150 valence electrons. The minimum Gasteiger partial charge on any atom is -0.444 e. The van der Waals surface area contributed by atoms with Crippen LogP contribution in [0.5, 0.6) is 5.75 Å². The number of nitrogens with one attached hydrogen (secondary N) is 1. The van der Waals surface area contributed by atoms with Gasteiger partial charge in [0.25, 0.3) is 0 Å². The summed E-state index contributed by atoms with van der Waals surface area (Å²) >= 11 is 0. The Hall–Kier alpha value is -3.61. The van der Waals surface area contributed by atoms with E-state index < -0.39 is 29.3 Å². The molecule has 7 nitrogen and oxygen atoms in total. The highest BCUT2D eigenvalue weighted by atomic mass is 16.6. The topological polar surface area (TPSA) is 94.8 Å². The minimum atomic E-state index is -1.08. The fourth-order valence-electron chi connectivity index (χ4n) is 2.63. The molecule has 0 bridgehead atoms. The Kier molecular flexibility index (Phi) is 5.68. The molecule has 0 aliphatic heterocycles. The maximum atomic E-state index is 12.8. The molecule has 1 N–H and O–H groups in total. The molecular formula is C22H21NO6. The fourth-order valence-corrected chi connectivity index (χ4v) is 2.63. The molecule has 0 aliphatic rings. The van der Waals surface area contributed by atoms with E-state index >= 15 is 0 Å². The maximum absolute atomic E-state index is 12.8. The summed E-state index contributed by atoms with van der Waals surface area (Å²) in [6, 6.07) is 15.2. The van der Waals surface area contributed by atoms with Crippen molar-refractivity contribution in [1.29, 1.82) is 0 Å². The third kappa shape index (κ3) is 5.44. The monoisotopic (exact) mass is 395 g/mol. The van der Waals surface area contributed by atoms with Crippen LogP contribution in [0.4, 0.5) is 4.79 Å². The fraction of sp³-hybridized carbons (Fsp3) is 0.227. The van der Waals surface area contributed by atoms with Gasteiger partial charge in [-0.05, 0) is 44.5 Å². The molecule has 0 saturated heterocycles. The van der Waals surface area contributed by atoms with E-state index in [-0.39, 0.29) is 5.75 Å². The van der Waals surface area contributed by atoms with Crippen molar-refractivity contribution in [3.63, 3.8) is 0 Å². The Balaban J connectivity index is 1.84. The molecule has 3 rings (SSSR count). The smallest absolute Gasteiger partial charge is 0.408 e. The average molecular weight is 395 g/mol. The van der Waals surface area contributed by atoms with Gasteiger partial charge in [0.15, 0.2) is 6.04 Å². The predicted molar refractivity (Wildman–Crippen MR) is 107 cm³/mol. The number of amides is 1. The summed E-state index contributed by atoms with van der Waals surface area (Å²) in [6.07, 6.45) is -0.743. The van der Waals surface area contributed by atoms with Gasteiger partial charge in [0.05, 0.1) is 0 Å². The van der Waals surface area contributed by atoms with Gasteiger partial charge in [0, 0.05) is 17.5 Å². The first kappa shape index (κ1) is 20.1. The Bertz CT molecular complexity index is 1080. The molecule has 1 heterocycles. The van der Waals surface area contributed by atoms with Crippen LogP contribution >= 0.6 is 0 Å². The number of alkyl carbamates (subject to hydrolysis) is 1. The van der Waals surface area contributed by atoms with Gasteiger partial charge in [-0.3, -0.25) is 0 Å². The van der Waals surface area contributed by atoms with Crippen LogP contribution < -0.4 is 15.7 Å².